The fourth-order valence-corrected chi connectivity index (χ4v) is 4.15. The lowest BCUT2D eigenvalue weighted by Crippen LogP contribution is -2.12. The summed E-state index contributed by atoms with van der Waals surface area (Å²) < 4.78 is 7.81. The molecule has 0 aliphatic carbocycles. The number of aryl methyl sites for hydroxylation is 2. The van der Waals surface area contributed by atoms with Crippen molar-refractivity contribution in [3.63, 3.8) is 0 Å². The van der Waals surface area contributed by atoms with Crippen LogP contribution in [0.1, 0.15) is 41.9 Å². The lowest BCUT2D eigenvalue weighted by atomic mass is 10.0. The average Bonchev–Trinajstić information content (AvgIpc) is 3.41. The summed E-state index contributed by atoms with van der Waals surface area (Å²) in [4.78, 5) is 13.0. The molecule has 0 aliphatic rings. The molecule has 1 atom stereocenters. The van der Waals surface area contributed by atoms with Crippen molar-refractivity contribution in [1.29, 1.82) is 0 Å². The van der Waals surface area contributed by atoms with E-state index >= 15 is 0 Å². The number of rotatable bonds is 8. The first kappa shape index (κ1) is 22.9. The van der Waals surface area contributed by atoms with Crippen LogP contribution >= 0.6 is 11.6 Å². The number of nitrogens with one attached hydrogen (secondary N) is 2. The van der Waals surface area contributed by atoms with Crippen LogP contribution in [0.25, 0.3) is 11.0 Å². The van der Waals surface area contributed by atoms with Crippen molar-refractivity contribution in [3.05, 3.63) is 88.5 Å². The number of aromatic nitrogens is 6. The zero-order chi connectivity index (χ0) is 24.4. The van der Waals surface area contributed by atoms with E-state index in [1.807, 2.05) is 38.2 Å². The number of imidazole rings is 1. The highest BCUT2D eigenvalue weighted by Crippen LogP contribution is 2.28. The summed E-state index contributed by atoms with van der Waals surface area (Å²) >= 11 is 5.83. The smallest absolute Gasteiger partial charge is 0.321 e. The van der Waals surface area contributed by atoms with Crippen LogP contribution in [-0.4, -0.2) is 29.7 Å². The second-order valence-corrected chi connectivity index (χ2v) is 8.93. The highest BCUT2D eigenvalue weighted by atomic mass is 35.5. The number of H-pyrrole nitrogens is 1. The summed E-state index contributed by atoms with van der Waals surface area (Å²) in [5, 5.41) is 11.4. The van der Waals surface area contributed by atoms with E-state index in [4.69, 9.17) is 21.3 Å². The molecule has 5 rings (SSSR count). The van der Waals surface area contributed by atoms with Crippen LogP contribution in [0, 0.1) is 6.92 Å². The van der Waals surface area contributed by atoms with Crippen LogP contribution in [0.3, 0.4) is 0 Å². The van der Waals surface area contributed by atoms with Gasteiger partial charge in [-0.3, -0.25) is 5.10 Å². The second-order valence-electron chi connectivity index (χ2n) is 8.50. The third-order valence-electron chi connectivity index (χ3n) is 5.89. The molecule has 0 saturated heterocycles. The van der Waals surface area contributed by atoms with E-state index in [0.717, 1.165) is 46.8 Å². The maximum absolute atomic E-state index is 5.83. The molecule has 3 aromatic heterocycles. The average molecular weight is 488 g/mol. The van der Waals surface area contributed by atoms with Crippen LogP contribution in [0.4, 0.5) is 5.95 Å². The Balaban J connectivity index is 1.32. The van der Waals surface area contributed by atoms with E-state index in [0.29, 0.717) is 10.8 Å². The minimum atomic E-state index is 0.0952. The van der Waals surface area contributed by atoms with E-state index in [1.165, 1.54) is 18.0 Å². The van der Waals surface area contributed by atoms with Gasteiger partial charge in [0, 0.05) is 19.2 Å². The van der Waals surface area contributed by atoms with Gasteiger partial charge < -0.3 is 14.6 Å². The molecule has 2 aromatic carbocycles. The number of aromatic amines is 1. The second kappa shape index (κ2) is 9.76. The number of fused-ring (bicyclic) bond motifs is 1. The Bertz CT molecular complexity index is 1440. The Morgan fingerprint density at radius 1 is 1.09 bits per heavy atom. The third kappa shape index (κ3) is 5.12. The van der Waals surface area contributed by atoms with Gasteiger partial charge in [-0.2, -0.15) is 5.10 Å². The van der Waals surface area contributed by atoms with Crippen LogP contribution in [0.5, 0.6) is 11.8 Å². The summed E-state index contributed by atoms with van der Waals surface area (Å²) in [6.07, 6.45) is 4.69. The number of hydrogen-bond acceptors (Lipinski definition) is 6. The Morgan fingerprint density at radius 3 is 2.54 bits per heavy atom. The fraction of sp³-hybridized carbons (Fsp3) is 0.231. The van der Waals surface area contributed by atoms with Crippen molar-refractivity contribution in [2.24, 2.45) is 7.05 Å². The molecule has 178 valence electrons. The topological polar surface area (TPSA) is 93.5 Å². The van der Waals surface area contributed by atoms with E-state index in [1.54, 1.807) is 0 Å². The summed E-state index contributed by atoms with van der Waals surface area (Å²) in [6.45, 7) is 4.16. The molecule has 3 heterocycles. The van der Waals surface area contributed by atoms with Gasteiger partial charge in [0.25, 0.3) is 0 Å². The molecule has 1 unspecified atom stereocenters. The van der Waals surface area contributed by atoms with Crippen molar-refractivity contribution in [3.8, 4) is 11.8 Å². The molecule has 0 bridgehead atoms. The third-order valence-corrected chi connectivity index (χ3v) is 6.08. The number of halogens is 1. The standard InChI is InChI=1S/C26H26ClN7O/c1-4-22(18-6-8-21(9-7-18)35-26-28-14-19(27)15-29-26)30-25-31-23-10-5-17(13-24(23)34(25)3)12-20-11-16(2)32-33-20/h5-11,13-15,22H,4,12H2,1-3H3,(H,30,31)(H,32,33). The van der Waals surface area contributed by atoms with Gasteiger partial charge in [-0.15, -0.1) is 0 Å². The molecule has 0 amide bonds. The predicted octanol–water partition coefficient (Wildman–Crippen LogP) is 5.99. The molecular weight excluding hydrogens is 462 g/mol. The zero-order valence-electron chi connectivity index (χ0n) is 19.8. The van der Waals surface area contributed by atoms with Crippen molar-refractivity contribution in [1.82, 2.24) is 29.7 Å². The molecule has 5 aromatic rings. The minimum Gasteiger partial charge on any atom is -0.424 e. The molecule has 9 heteroatoms. The molecule has 0 radical (unpaired) electrons. The number of ether oxygens (including phenoxy) is 1. The Hall–Kier alpha value is -3.91. The van der Waals surface area contributed by atoms with E-state index in [9.17, 15) is 0 Å². The number of hydrogen-bond donors (Lipinski definition) is 2. The van der Waals surface area contributed by atoms with Crippen LogP contribution in [0.15, 0.2) is 60.9 Å². The van der Waals surface area contributed by atoms with Gasteiger partial charge in [0.05, 0.1) is 40.2 Å². The highest BCUT2D eigenvalue weighted by molar-refractivity contribution is 6.30. The highest BCUT2D eigenvalue weighted by Gasteiger charge is 2.15. The lowest BCUT2D eigenvalue weighted by Gasteiger charge is -2.18. The minimum absolute atomic E-state index is 0.0952. The molecule has 0 spiro atoms. The van der Waals surface area contributed by atoms with E-state index in [-0.39, 0.29) is 12.1 Å². The van der Waals surface area contributed by atoms with Crippen LogP contribution < -0.4 is 10.1 Å². The molecule has 0 aliphatic heterocycles. The largest absolute Gasteiger partial charge is 0.424 e. The molecule has 8 nitrogen and oxygen atoms in total. The van der Waals surface area contributed by atoms with E-state index < -0.39 is 0 Å². The quantitative estimate of drug-likeness (QED) is 0.279. The van der Waals surface area contributed by atoms with Crippen molar-refractivity contribution < 1.29 is 4.74 Å². The first-order chi connectivity index (χ1) is 17.0. The molecule has 0 fully saturated rings. The number of nitrogens with zero attached hydrogens (tertiary/aromatic N) is 5. The van der Waals surface area contributed by atoms with Crippen LogP contribution in [-0.2, 0) is 13.5 Å². The summed E-state index contributed by atoms with van der Waals surface area (Å²) in [6, 6.07) is 16.7. The van der Waals surface area contributed by atoms with Gasteiger partial charge >= 0.3 is 6.01 Å². The normalized spacial score (nSPS) is 12.1. The van der Waals surface area contributed by atoms with Crippen molar-refractivity contribution in [2.45, 2.75) is 32.7 Å². The van der Waals surface area contributed by atoms with Gasteiger partial charge in [-0.1, -0.05) is 36.7 Å². The monoisotopic (exact) mass is 487 g/mol. The lowest BCUT2D eigenvalue weighted by molar-refractivity contribution is 0.441. The summed E-state index contributed by atoms with van der Waals surface area (Å²) in [7, 11) is 2.04. The maximum Gasteiger partial charge on any atom is 0.321 e. The molecule has 0 saturated carbocycles. The maximum atomic E-state index is 5.83. The van der Waals surface area contributed by atoms with Gasteiger partial charge in [-0.25, -0.2) is 15.0 Å². The first-order valence-corrected chi connectivity index (χ1v) is 11.8. The first-order valence-electron chi connectivity index (χ1n) is 11.5. The molecule has 2 N–H and O–H groups in total. The van der Waals surface area contributed by atoms with Gasteiger partial charge in [0.1, 0.15) is 5.75 Å². The summed E-state index contributed by atoms with van der Waals surface area (Å²) in [5.74, 6) is 1.49. The fourth-order valence-electron chi connectivity index (χ4n) is 4.05. The van der Waals surface area contributed by atoms with Gasteiger partial charge in [-0.05, 0) is 54.8 Å². The van der Waals surface area contributed by atoms with Gasteiger partial charge in [0.15, 0.2) is 0 Å². The Kier molecular flexibility index (Phi) is 6.37. The number of benzene rings is 2. The molecule has 35 heavy (non-hydrogen) atoms. The Morgan fingerprint density at radius 2 is 1.86 bits per heavy atom. The van der Waals surface area contributed by atoms with Crippen molar-refractivity contribution in [2.75, 3.05) is 5.32 Å². The predicted molar refractivity (Wildman–Crippen MR) is 137 cm³/mol. The van der Waals surface area contributed by atoms with Crippen molar-refractivity contribution >= 4 is 28.6 Å². The summed E-state index contributed by atoms with van der Waals surface area (Å²) in [5.41, 5.74) is 6.47. The Labute approximate surface area is 208 Å². The van der Waals surface area contributed by atoms with Crippen LogP contribution in [0.2, 0.25) is 5.02 Å². The SMILES string of the molecule is CCC(Nc1nc2ccc(Cc3cc(C)[nH]n3)cc2n1C)c1ccc(Oc2ncc(Cl)cn2)cc1. The van der Waals surface area contributed by atoms with Gasteiger partial charge in [0.2, 0.25) is 5.95 Å². The van der Waals surface area contributed by atoms with E-state index in [2.05, 4.69) is 61.2 Å². The molecular formula is C26H26ClN7O. The number of anilines is 1. The zero-order valence-corrected chi connectivity index (χ0v) is 20.5.